The van der Waals surface area contributed by atoms with Crippen LogP contribution < -0.4 is 5.73 Å². The Morgan fingerprint density at radius 1 is 0.739 bits per heavy atom. The van der Waals surface area contributed by atoms with E-state index >= 15 is 0 Å². The summed E-state index contributed by atoms with van der Waals surface area (Å²) in [6.45, 7) is 6.79. The molecule has 0 unspecified atom stereocenters. The molecule has 0 heterocycles. The Bertz CT molecular complexity index is 277. The topological polar surface area (TPSA) is 26.0 Å². The van der Waals surface area contributed by atoms with Crippen molar-refractivity contribution < 1.29 is 0 Å². The van der Waals surface area contributed by atoms with Crippen LogP contribution >= 0.6 is 24.0 Å². The molecule has 0 saturated heterocycles. The maximum Gasteiger partial charge on any atom is 0.131 e. The molecular formula is C20H41NS2. The van der Waals surface area contributed by atoms with E-state index in [4.69, 9.17) is 18.0 Å². The van der Waals surface area contributed by atoms with Gasteiger partial charge in [-0.15, -0.1) is 0 Å². The monoisotopic (exact) mass is 359 g/mol. The summed E-state index contributed by atoms with van der Waals surface area (Å²) in [4.78, 5) is 0. The van der Waals surface area contributed by atoms with E-state index in [-0.39, 0.29) is 4.75 Å². The van der Waals surface area contributed by atoms with Gasteiger partial charge in [0, 0.05) is 4.75 Å². The fourth-order valence-corrected chi connectivity index (χ4v) is 4.54. The average molecular weight is 360 g/mol. The second-order valence-corrected chi connectivity index (χ2v) is 9.97. The van der Waals surface area contributed by atoms with Gasteiger partial charge in [0.25, 0.3) is 0 Å². The summed E-state index contributed by atoms with van der Waals surface area (Å²) in [7, 11) is 0. The predicted octanol–water partition coefficient (Wildman–Crippen LogP) is 7.61. The van der Waals surface area contributed by atoms with Gasteiger partial charge in [-0.2, -0.15) is 0 Å². The van der Waals surface area contributed by atoms with Crippen LogP contribution in [0.15, 0.2) is 0 Å². The van der Waals surface area contributed by atoms with Crippen LogP contribution in [0.25, 0.3) is 0 Å². The van der Waals surface area contributed by atoms with Crippen molar-refractivity contribution in [2.24, 2.45) is 5.73 Å². The Morgan fingerprint density at radius 2 is 1.09 bits per heavy atom. The van der Waals surface area contributed by atoms with Crippen molar-refractivity contribution in [3.05, 3.63) is 0 Å². The molecule has 138 valence electrons. The molecule has 0 aliphatic carbocycles. The van der Waals surface area contributed by atoms with E-state index in [2.05, 4.69) is 20.8 Å². The van der Waals surface area contributed by atoms with E-state index < -0.39 is 0 Å². The molecule has 0 aliphatic rings. The van der Waals surface area contributed by atoms with E-state index in [1.165, 1.54) is 96.3 Å². The van der Waals surface area contributed by atoms with Crippen LogP contribution in [-0.4, -0.2) is 9.07 Å². The number of thiocarbonyl (C=S) groups is 1. The SMILES string of the molecule is CCCCCCCCCCCCCCCCC(C)(C)SC(N)=S. The maximum atomic E-state index is 5.62. The smallest absolute Gasteiger partial charge is 0.131 e. The third-order valence-corrected chi connectivity index (χ3v) is 5.72. The summed E-state index contributed by atoms with van der Waals surface area (Å²) in [5.74, 6) is 0. The number of rotatable bonds is 16. The van der Waals surface area contributed by atoms with E-state index in [1.807, 2.05) is 0 Å². The molecule has 0 fully saturated rings. The van der Waals surface area contributed by atoms with Crippen LogP contribution in [-0.2, 0) is 0 Å². The van der Waals surface area contributed by atoms with Crippen LogP contribution in [0.1, 0.15) is 117 Å². The third kappa shape index (κ3) is 18.4. The van der Waals surface area contributed by atoms with E-state index in [1.54, 1.807) is 11.8 Å². The molecule has 0 spiro atoms. The van der Waals surface area contributed by atoms with Crippen LogP contribution in [0.4, 0.5) is 0 Å². The number of nitrogens with two attached hydrogens (primary N) is 1. The molecule has 23 heavy (non-hydrogen) atoms. The van der Waals surface area contributed by atoms with Crippen molar-refractivity contribution in [3.8, 4) is 0 Å². The van der Waals surface area contributed by atoms with Gasteiger partial charge in [0.2, 0.25) is 0 Å². The second-order valence-electron chi connectivity index (χ2n) is 7.53. The number of thioether (sulfide) groups is 1. The maximum absolute atomic E-state index is 5.62. The van der Waals surface area contributed by atoms with Crippen molar-refractivity contribution in [2.75, 3.05) is 0 Å². The van der Waals surface area contributed by atoms with Gasteiger partial charge in [-0.25, -0.2) is 0 Å². The molecule has 0 radical (unpaired) electrons. The number of unbranched alkanes of at least 4 members (excludes halogenated alkanes) is 13. The molecule has 0 aromatic carbocycles. The fraction of sp³-hybridized carbons (Fsp3) is 0.950. The summed E-state index contributed by atoms with van der Waals surface area (Å²) in [6.07, 6.45) is 21.1. The Morgan fingerprint density at radius 3 is 1.43 bits per heavy atom. The summed E-state index contributed by atoms with van der Waals surface area (Å²) in [5.41, 5.74) is 5.62. The molecule has 3 heteroatoms. The fourth-order valence-electron chi connectivity index (χ4n) is 3.07. The van der Waals surface area contributed by atoms with Gasteiger partial charge in [0.05, 0.1) is 0 Å². The van der Waals surface area contributed by atoms with Crippen LogP contribution in [0.2, 0.25) is 0 Å². The van der Waals surface area contributed by atoms with Crippen molar-refractivity contribution >= 4 is 28.3 Å². The standard InChI is InChI=1S/C20H41NS2/c1-4-5-6-7-8-9-10-11-12-13-14-15-16-17-18-20(2,3)23-19(21)22/h4-18H2,1-3H3,(H2,21,22). The van der Waals surface area contributed by atoms with Crippen molar-refractivity contribution in [3.63, 3.8) is 0 Å². The van der Waals surface area contributed by atoms with Crippen LogP contribution in [0.3, 0.4) is 0 Å². The quantitative estimate of drug-likeness (QED) is 0.227. The van der Waals surface area contributed by atoms with Gasteiger partial charge in [-0.3, -0.25) is 0 Å². The first kappa shape index (κ1) is 23.2. The van der Waals surface area contributed by atoms with E-state index in [0.717, 1.165) is 0 Å². The normalized spacial score (nSPS) is 11.8. The first-order chi connectivity index (χ1) is 11.0. The summed E-state index contributed by atoms with van der Waals surface area (Å²) < 4.78 is 0.795. The molecule has 0 atom stereocenters. The zero-order chi connectivity index (χ0) is 17.4. The van der Waals surface area contributed by atoms with Gasteiger partial charge in [-0.1, -0.05) is 135 Å². The molecule has 0 aromatic heterocycles. The lowest BCUT2D eigenvalue weighted by atomic mass is 10.0. The molecule has 0 saturated carbocycles. The van der Waals surface area contributed by atoms with Crippen molar-refractivity contribution in [2.45, 2.75) is 122 Å². The second kappa shape index (κ2) is 15.7. The van der Waals surface area contributed by atoms with Crippen LogP contribution in [0, 0.1) is 0 Å². The average Bonchev–Trinajstić information content (AvgIpc) is 2.46. The van der Waals surface area contributed by atoms with Gasteiger partial charge >= 0.3 is 0 Å². The number of hydrogen-bond donors (Lipinski definition) is 1. The minimum Gasteiger partial charge on any atom is -0.385 e. The highest BCUT2D eigenvalue weighted by molar-refractivity contribution is 8.23. The minimum absolute atomic E-state index is 0.211. The molecule has 0 bridgehead atoms. The van der Waals surface area contributed by atoms with Gasteiger partial charge in [0.1, 0.15) is 4.32 Å². The molecule has 0 aliphatic heterocycles. The molecule has 0 amide bonds. The van der Waals surface area contributed by atoms with Gasteiger partial charge < -0.3 is 5.73 Å². The Hall–Kier alpha value is 0.240. The summed E-state index contributed by atoms with van der Waals surface area (Å²) in [6, 6.07) is 0. The summed E-state index contributed by atoms with van der Waals surface area (Å²) >= 11 is 6.64. The Labute approximate surface area is 155 Å². The largest absolute Gasteiger partial charge is 0.385 e. The first-order valence-corrected chi connectivity index (χ1v) is 11.2. The highest BCUT2D eigenvalue weighted by Crippen LogP contribution is 2.30. The Kier molecular flexibility index (Phi) is 15.9. The lowest BCUT2D eigenvalue weighted by Gasteiger charge is -2.22. The highest BCUT2D eigenvalue weighted by Gasteiger charge is 2.18. The molecule has 1 nitrogen and oxygen atoms in total. The number of hydrogen-bond acceptors (Lipinski definition) is 2. The molecule has 0 rings (SSSR count). The van der Waals surface area contributed by atoms with Crippen molar-refractivity contribution in [1.82, 2.24) is 0 Å². The van der Waals surface area contributed by atoms with Crippen LogP contribution in [0.5, 0.6) is 0 Å². The zero-order valence-electron chi connectivity index (χ0n) is 16.0. The molecule has 2 N–H and O–H groups in total. The molecular weight excluding hydrogens is 318 g/mol. The molecule has 0 aromatic rings. The lowest BCUT2D eigenvalue weighted by Crippen LogP contribution is -2.20. The van der Waals surface area contributed by atoms with E-state index in [9.17, 15) is 0 Å². The first-order valence-electron chi connectivity index (χ1n) is 9.96. The third-order valence-electron chi connectivity index (χ3n) is 4.51. The highest BCUT2D eigenvalue weighted by atomic mass is 32.2. The van der Waals surface area contributed by atoms with Gasteiger partial charge in [-0.05, 0) is 6.42 Å². The van der Waals surface area contributed by atoms with Crippen molar-refractivity contribution in [1.29, 1.82) is 0 Å². The summed E-state index contributed by atoms with van der Waals surface area (Å²) in [5, 5.41) is 0. The Balaban J connectivity index is 3.20. The zero-order valence-corrected chi connectivity index (χ0v) is 17.6. The van der Waals surface area contributed by atoms with E-state index in [0.29, 0.717) is 4.32 Å². The lowest BCUT2D eigenvalue weighted by molar-refractivity contribution is 0.519. The predicted molar refractivity (Wildman–Crippen MR) is 113 cm³/mol. The minimum atomic E-state index is 0.211. The van der Waals surface area contributed by atoms with Gasteiger partial charge in [0.15, 0.2) is 0 Å².